The van der Waals surface area contributed by atoms with Crippen molar-refractivity contribution < 1.29 is 18.1 Å². The highest BCUT2D eigenvalue weighted by Crippen LogP contribution is 2.20. The summed E-state index contributed by atoms with van der Waals surface area (Å²) in [7, 11) is -3.40. The molecule has 1 saturated heterocycles. The Morgan fingerprint density at radius 1 is 1.21 bits per heavy atom. The summed E-state index contributed by atoms with van der Waals surface area (Å²) >= 11 is 1.24. The van der Waals surface area contributed by atoms with Gasteiger partial charge in [-0.3, -0.25) is 4.79 Å². The lowest BCUT2D eigenvalue weighted by Gasteiger charge is -2.31. The first kappa shape index (κ1) is 21.0. The van der Waals surface area contributed by atoms with Gasteiger partial charge in [-0.25, -0.2) is 8.42 Å². The van der Waals surface area contributed by atoms with Gasteiger partial charge >= 0.3 is 0 Å². The lowest BCUT2D eigenvalue weighted by Crippen LogP contribution is -3.15. The van der Waals surface area contributed by atoms with Crippen molar-refractivity contribution in [3.05, 3.63) is 52.4 Å². The lowest BCUT2D eigenvalue weighted by molar-refractivity contribution is -0.895. The Bertz CT molecular complexity index is 918. The number of benzene rings is 1. The van der Waals surface area contributed by atoms with Gasteiger partial charge in [0.1, 0.15) is 4.21 Å². The van der Waals surface area contributed by atoms with Crippen LogP contribution in [0.15, 0.2) is 39.9 Å². The van der Waals surface area contributed by atoms with Crippen LogP contribution in [0.1, 0.15) is 29.7 Å². The summed E-state index contributed by atoms with van der Waals surface area (Å²) in [6.07, 6.45) is 0. The Balaban J connectivity index is 1.50. The summed E-state index contributed by atoms with van der Waals surface area (Å²) < 4.78 is 27.1. The van der Waals surface area contributed by atoms with Crippen LogP contribution >= 0.6 is 11.3 Å². The van der Waals surface area contributed by atoms with E-state index in [-0.39, 0.29) is 11.9 Å². The Labute approximate surface area is 171 Å². The van der Waals surface area contributed by atoms with Gasteiger partial charge in [0.15, 0.2) is 6.54 Å². The Morgan fingerprint density at radius 3 is 2.54 bits per heavy atom. The molecule has 1 aliphatic heterocycles. The number of hydrogen-bond acceptors (Lipinski definition) is 4. The topological polar surface area (TPSA) is 70.9 Å². The van der Waals surface area contributed by atoms with Crippen LogP contribution in [0.2, 0.25) is 0 Å². The number of quaternary nitrogens is 1. The molecule has 1 aliphatic rings. The molecule has 1 amide bonds. The van der Waals surface area contributed by atoms with Gasteiger partial charge in [0, 0.05) is 0 Å². The normalized spacial score (nSPS) is 17.4. The largest absolute Gasteiger partial charge is 0.345 e. The second-order valence-electron chi connectivity index (χ2n) is 7.40. The highest BCUT2D eigenvalue weighted by atomic mass is 32.2. The van der Waals surface area contributed by atoms with Gasteiger partial charge in [-0.15, -0.1) is 11.3 Å². The number of rotatable bonds is 6. The van der Waals surface area contributed by atoms with Crippen molar-refractivity contribution >= 4 is 27.3 Å². The average molecular weight is 423 g/mol. The Kier molecular flexibility index (Phi) is 6.54. The van der Waals surface area contributed by atoms with Crippen molar-refractivity contribution in [2.75, 3.05) is 32.7 Å². The van der Waals surface area contributed by atoms with Gasteiger partial charge in [-0.2, -0.15) is 4.31 Å². The van der Waals surface area contributed by atoms with E-state index in [1.165, 1.54) is 26.8 Å². The minimum atomic E-state index is -3.40. The average Bonchev–Trinajstić information content (AvgIpc) is 3.20. The van der Waals surface area contributed by atoms with Crippen LogP contribution in [0, 0.1) is 13.8 Å². The van der Waals surface area contributed by atoms with Crippen molar-refractivity contribution in [1.29, 1.82) is 0 Å². The number of nitrogens with zero attached hydrogens (tertiary/aromatic N) is 1. The summed E-state index contributed by atoms with van der Waals surface area (Å²) in [5.74, 6) is -0.00436. The molecule has 1 fully saturated rings. The number of hydrogen-bond donors (Lipinski definition) is 2. The number of sulfonamides is 1. The van der Waals surface area contributed by atoms with E-state index in [4.69, 9.17) is 0 Å². The maximum Gasteiger partial charge on any atom is 0.275 e. The molecule has 2 N–H and O–H groups in total. The van der Waals surface area contributed by atoms with E-state index in [9.17, 15) is 13.2 Å². The SMILES string of the molecule is Cc1ccc([C@@H](C)NC(=O)C[NH+]2CCN(S(=O)(=O)c3cccs3)CC2)cc1C. The zero-order valence-electron chi connectivity index (χ0n) is 16.6. The van der Waals surface area contributed by atoms with Crippen LogP contribution in [0.3, 0.4) is 0 Å². The quantitative estimate of drug-likeness (QED) is 0.733. The Hall–Kier alpha value is -1.74. The number of amides is 1. The molecule has 0 unspecified atom stereocenters. The molecule has 2 heterocycles. The molecule has 0 saturated carbocycles. The third-order valence-corrected chi connectivity index (χ3v) is 8.61. The molecule has 1 aromatic carbocycles. The highest BCUT2D eigenvalue weighted by Gasteiger charge is 2.31. The molecule has 0 bridgehead atoms. The predicted octanol–water partition coefficient (Wildman–Crippen LogP) is 1.13. The molecule has 152 valence electrons. The molecule has 0 spiro atoms. The fourth-order valence-corrected chi connectivity index (χ4v) is 5.98. The van der Waals surface area contributed by atoms with Crippen molar-refractivity contribution in [3.8, 4) is 0 Å². The first-order valence-corrected chi connectivity index (χ1v) is 11.8. The monoisotopic (exact) mass is 422 g/mol. The second kappa shape index (κ2) is 8.73. The van der Waals surface area contributed by atoms with Gasteiger partial charge in [0.25, 0.3) is 15.9 Å². The molecule has 28 heavy (non-hydrogen) atoms. The molecule has 0 radical (unpaired) electrons. The van der Waals surface area contributed by atoms with Crippen molar-refractivity contribution in [2.45, 2.75) is 31.0 Å². The first-order valence-electron chi connectivity index (χ1n) is 9.51. The van der Waals surface area contributed by atoms with Crippen LogP contribution in [0.25, 0.3) is 0 Å². The number of piperazine rings is 1. The summed E-state index contributed by atoms with van der Waals surface area (Å²) in [5.41, 5.74) is 3.55. The van der Waals surface area contributed by atoms with Crippen molar-refractivity contribution in [2.24, 2.45) is 0 Å². The number of thiophene rings is 1. The zero-order chi connectivity index (χ0) is 20.3. The van der Waals surface area contributed by atoms with E-state index in [1.807, 2.05) is 13.0 Å². The number of nitrogens with one attached hydrogen (secondary N) is 2. The molecule has 2 aromatic rings. The van der Waals surface area contributed by atoms with Crippen LogP contribution in [-0.4, -0.2) is 51.4 Å². The smallest absolute Gasteiger partial charge is 0.275 e. The summed E-state index contributed by atoms with van der Waals surface area (Å²) in [6, 6.07) is 9.58. The minimum Gasteiger partial charge on any atom is -0.345 e. The summed E-state index contributed by atoms with van der Waals surface area (Å²) in [5, 5.41) is 4.84. The first-order chi connectivity index (χ1) is 13.3. The van der Waals surface area contributed by atoms with E-state index >= 15 is 0 Å². The molecular formula is C20H28N3O3S2+. The van der Waals surface area contributed by atoms with E-state index in [0.717, 1.165) is 10.5 Å². The summed E-state index contributed by atoms with van der Waals surface area (Å²) in [6.45, 7) is 8.65. The molecule has 8 heteroatoms. The standard InChI is InChI=1S/C20H27N3O3S2/c1-15-6-7-18(13-16(15)2)17(3)21-19(24)14-22-8-10-23(11-9-22)28(25,26)20-5-4-12-27-20/h4-7,12-13,17H,8-11,14H2,1-3H3,(H,21,24)/p+1/t17-/m1/s1. The number of carbonyl (C=O) groups is 1. The van der Waals surface area contributed by atoms with E-state index in [1.54, 1.807) is 17.5 Å². The Morgan fingerprint density at radius 2 is 1.93 bits per heavy atom. The van der Waals surface area contributed by atoms with Crippen molar-refractivity contribution in [3.63, 3.8) is 0 Å². The number of carbonyl (C=O) groups excluding carboxylic acids is 1. The highest BCUT2D eigenvalue weighted by molar-refractivity contribution is 7.91. The maximum absolute atomic E-state index is 12.6. The van der Waals surface area contributed by atoms with Gasteiger partial charge in [0.05, 0.1) is 32.2 Å². The van der Waals surface area contributed by atoms with Gasteiger partial charge in [0.2, 0.25) is 0 Å². The second-order valence-corrected chi connectivity index (χ2v) is 10.5. The van der Waals surface area contributed by atoms with E-state index in [2.05, 4.69) is 31.3 Å². The molecule has 0 aliphatic carbocycles. The predicted molar refractivity (Wildman–Crippen MR) is 111 cm³/mol. The van der Waals surface area contributed by atoms with Crippen molar-refractivity contribution in [1.82, 2.24) is 9.62 Å². The molecule has 6 nitrogen and oxygen atoms in total. The fraction of sp³-hybridized carbons (Fsp3) is 0.450. The van der Waals surface area contributed by atoms with E-state index in [0.29, 0.717) is 36.9 Å². The van der Waals surface area contributed by atoms with Crippen LogP contribution in [0.4, 0.5) is 0 Å². The minimum absolute atomic E-state index is 0.00436. The van der Waals surface area contributed by atoms with Crippen LogP contribution < -0.4 is 10.2 Å². The molecule has 1 atom stereocenters. The number of aryl methyl sites for hydroxylation is 2. The molecule has 1 aromatic heterocycles. The molecular weight excluding hydrogens is 394 g/mol. The maximum atomic E-state index is 12.6. The van der Waals surface area contributed by atoms with Gasteiger partial charge < -0.3 is 10.2 Å². The van der Waals surface area contributed by atoms with E-state index < -0.39 is 10.0 Å². The lowest BCUT2D eigenvalue weighted by atomic mass is 10.0. The third kappa shape index (κ3) is 4.81. The zero-order valence-corrected chi connectivity index (χ0v) is 18.2. The summed E-state index contributed by atoms with van der Waals surface area (Å²) in [4.78, 5) is 13.6. The van der Waals surface area contributed by atoms with Gasteiger partial charge in [-0.1, -0.05) is 24.3 Å². The fourth-order valence-electron chi connectivity index (χ4n) is 3.39. The molecule has 3 rings (SSSR count). The van der Waals surface area contributed by atoms with Crippen LogP contribution in [0.5, 0.6) is 0 Å². The van der Waals surface area contributed by atoms with Gasteiger partial charge in [-0.05, 0) is 48.9 Å². The third-order valence-electron chi connectivity index (χ3n) is 5.34. The van der Waals surface area contributed by atoms with Crippen LogP contribution in [-0.2, 0) is 14.8 Å².